The quantitative estimate of drug-likeness (QED) is 0.938. The number of aryl methyl sites for hydroxylation is 1. The predicted octanol–water partition coefficient (Wildman–Crippen LogP) is 2.46. The van der Waals surface area contributed by atoms with Gasteiger partial charge in [0.2, 0.25) is 0 Å². The number of benzene rings is 1. The van der Waals surface area contributed by atoms with Gasteiger partial charge in [0.05, 0.1) is 12.2 Å². The summed E-state index contributed by atoms with van der Waals surface area (Å²) in [6, 6.07) is 8.25. The molecular weight excluding hydrogens is 266 g/mol. The van der Waals surface area contributed by atoms with Crippen molar-refractivity contribution in [1.82, 2.24) is 9.78 Å². The van der Waals surface area contributed by atoms with Crippen molar-refractivity contribution in [2.24, 2.45) is 5.73 Å². The summed E-state index contributed by atoms with van der Waals surface area (Å²) >= 11 is 3.42. The van der Waals surface area contributed by atoms with Gasteiger partial charge in [-0.05, 0) is 24.6 Å². The van der Waals surface area contributed by atoms with Gasteiger partial charge in [0, 0.05) is 22.8 Å². The van der Waals surface area contributed by atoms with Crippen LogP contribution in [0.1, 0.15) is 16.8 Å². The number of nitrogens with two attached hydrogens (primary N) is 1. The van der Waals surface area contributed by atoms with Crippen LogP contribution in [-0.2, 0) is 13.1 Å². The van der Waals surface area contributed by atoms with Gasteiger partial charge < -0.3 is 5.73 Å². The first-order chi connectivity index (χ1) is 7.69. The van der Waals surface area contributed by atoms with Gasteiger partial charge in [-0.3, -0.25) is 4.68 Å². The summed E-state index contributed by atoms with van der Waals surface area (Å²) in [5.41, 5.74) is 8.97. The van der Waals surface area contributed by atoms with Crippen molar-refractivity contribution in [3.63, 3.8) is 0 Å². The zero-order chi connectivity index (χ0) is 11.5. The molecule has 2 aromatic rings. The Labute approximate surface area is 103 Å². The third-order valence-corrected chi connectivity index (χ3v) is 3.05. The second-order valence-electron chi connectivity index (χ2n) is 3.77. The summed E-state index contributed by atoms with van der Waals surface area (Å²) in [6.07, 6.45) is 2.01. The van der Waals surface area contributed by atoms with E-state index in [0.29, 0.717) is 6.54 Å². The van der Waals surface area contributed by atoms with Gasteiger partial charge in [0.15, 0.2) is 0 Å². The summed E-state index contributed by atoms with van der Waals surface area (Å²) in [5, 5.41) is 4.42. The number of rotatable bonds is 3. The molecule has 84 valence electrons. The molecule has 1 aromatic heterocycles. The second-order valence-corrected chi connectivity index (χ2v) is 4.68. The molecule has 3 nitrogen and oxygen atoms in total. The van der Waals surface area contributed by atoms with Gasteiger partial charge in [-0.1, -0.05) is 28.1 Å². The van der Waals surface area contributed by atoms with E-state index >= 15 is 0 Å². The van der Waals surface area contributed by atoms with E-state index in [1.165, 1.54) is 5.56 Å². The number of halogens is 1. The molecule has 0 fully saturated rings. The smallest absolute Gasteiger partial charge is 0.0659 e. The Bertz CT molecular complexity index is 474. The molecule has 0 bridgehead atoms. The van der Waals surface area contributed by atoms with E-state index in [2.05, 4.69) is 33.2 Å². The summed E-state index contributed by atoms with van der Waals surface area (Å²) in [4.78, 5) is 0. The van der Waals surface area contributed by atoms with E-state index in [1.54, 1.807) is 0 Å². The lowest BCUT2D eigenvalue weighted by molar-refractivity contribution is 0.679. The fourth-order valence-electron chi connectivity index (χ4n) is 1.62. The average molecular weight is 280 g/mol. The van der Waals surface area contributed by atoms with Crippen LogP contribution in [0.25, 0.3) is 0 Å². The first kappa shape index (κ1) is 11.4. The monoisotopic (exact) mass is 279 g/mol. The van der Waals surface area contributed by atoms with Gasteiger partial charge in [-0.15, -0.1) is 0 Å². The third kappa shape index (κ3) is 2.51. The molecule has 1 aromatic carbocycles. The molecule has 0 atom stereocenters. The molecular formula is C12H14BrN3. The number of nitrogens with zero attached hydrogens (tertiary/aromatic N) is 2. The van der Waals surface area contributed by atoms with E-state index in [1.807, 2.05) is 29.9 Å². The lowest BCUT2D eigenvalue weighted by atomic mass is 10.2. The topological polar surface area (TPSA) is 43.8 Å². The summed E-state index contributed by atoms with van der Waals surface area (Å²) in [6.45, 7) is 3.32. The van der Waals surface area contributed by atoms with Gasteiger partial charge in [-0.2, -0.15) is 5.10 Å². The predicted molar refractivity (Wildman–Crippen MR) is 68.1 cm³/mol. The van der Waals surface area contributed by atoms with Crippen molar-refractivity contribution in [2.75, 3.05) is 0 Å². The van der Waals surface area contributed by atoms with Gasteiger partial charge in [0.25, 0.3) is 0 Å². The van der Waals surface area contributed by atoms with Gasteiger partial charge in [-0.25, -0.2) is 0 Å². The highest BCUT2D eigenvalue weighted by molar-refractivity contribution is 9.10. The Morgan fingerprint density at radius 3 is 2.56 bits per heavy atom. The molecule has 0 radical (unpaired) electrons. The van der Waals surface area contributed by atoms with E-state index < -0.39 is 0 Å². The average Bonchev–Trinajstić information content (AvgIpc) is 2.62. The van der Waals surface area contributed by atoms with Gasteiger partial charge >= 0.3 is 0 Å². The molecule has 1 heterocycles. The summed E-state index contributed by atoms with van der Waals surface area (Å²) < 4.78 is 3.02. The highest BCUT2D eigenvalue weighted by atomic mass is 79.9. The highest BCUT2D eigenvalue weighted by Gasteiger charge is 2.03. The van der Waals surface area contributed by atoms with Gasteiger partial charge in [0.1, 0.15) is 0 Å². The van der Waals surface area contributed by atoms with Crippen molar-refractivity contribution < 1.29 is 0 Å². The lowest BCUT2D eigenvalue weighted by Crippen LogP contribution is -2.00. The fourth-order valence-corrected chi connectivity index (χ4v) is 1.88. The van der Waals surface area contributed by atoms with Crippen molar-refractivity contribution in [1.29, 1.82) is 0 Å². The molecule has 0 saturated carbocycles. The van der Waals surface area contributed by atoms with E-state index in [9.17, 15) is 0 Å². The maximum atomic E-state index is 5.62. The number of hydrogen-bond acceptors (Lipinski definition) is 2. The highest BCUT2D eigenvalue weighted by Crippen LogP contribution is 2.12. The number of hydrogen-bond donors (Lipinski definition) is 1. The molecule has 0 saturated heterocycles. The molecule has 0 amide bonds. The van der Waals surface area contributed by atoms with Crippen LogP contribution in [0.2, 0.25) is 0 Å². The van der Waals surface area contributed by atoms with E-state index in [0.717, 1.165) is 22.3 Å². The molecule has 2 rings (SSSR count). The SMILES string of the molecule is Cc1nn(Cc2ccc(Br)cc2)cc1CN. The van der Waals surface area contributed by atoms with Crippen molar-refractivity contribution in [3.8, 4) is 0 Å². The molecule has 2 N–H and O–H groups in total. The normalized spacial score (nSPS) is 10.7. The molecule has 4 heteroatoms. The Kier molecular flexibility index (Phi) is 3.41. The molecule has 0 unspecified atom stereocenters. The molecule has 0 spiro atoms. The lowest BCUT2D eigenvalue weighted by Gasteiger charge is -2.01. The minimum absolute atomic E-state index is 0.548. The second kappa shape index (κ2) is 4.80. The maximum Gasteiger partial charge on any atom is 0.0659 e. The first-order valence-electron chi connectivity index (χ1n) is 5.16. The molecule has 0 aliphatic carbocycles. The van der Waals surface area contributed by atoms with Crippen molar-refractivity contribution in [3.05, 3.63) is 51.8 Å². The van der Waals surface area contributed by atoms with Crippen LogP contribution in [0, 0.1) is 6.92 Å². The maximum absolute atomic E-state index is 5.62. The Morgan fingerprint density at radius 2 is 2.00 bits per heavy atom. The Hall–Kier alpha value is -1.13. The summed E-state index contributed by atoms with van der Waals surface area (Å²) in [5.74, 6) is 0. The van der Waals surface area contributed by atoms with Crippen molar-refractivity contribution in [2.45, 2.75) is 20.0 Å². The Morgan fingerprint density at radius 1 is 1.31 bits per heavy atom. The van der Waals surface area contributed by atoms with Crippen LogP contribution < -0.4 is 5.73 Å². The van der Waals surface area contributed by atoms with Crippen LogP contribution in [-0.4, -0.2) is 9.78 Å². The minimum Gasteiger partial charge on any atom is -0.326 e. The fraction of sp³-hybridized carbons (Fsp3) is 0.250. The van der Waals surface area contributed by atoms with Crippen LogP contribution in [0.3, 0.4) is 0 Å². The van der Waals surface area contributed by atoms with Crippen molar-refractivity contribution >= 4 is 15.9 Å². The molecule has 16 heavy (non-hydrogen) atoms. The van der Waals surface area contributed by atoms with Crippen LogP contribution >= 0.6 is 15.9 Å². The minimum atomic E-state index is 0.548. The standard InChI is InChI=1S/C12H14BrN3/c1-9-11(6-14)8-16(15-9)7-10-2-4-12(13)5-3-10/h2-5,8H,6-7,14H2,1H3. The van der Waals surface area contributed by atoms with Crippen LogP contribution in [0.15, 0.2) is 34.9 Å². The first-order valence-corrected chi connectivity index (χ1v) is 5.96. The van der Waals surface area contributed by atoms with Crippen LogP contribution in [0.4, 0.5) is 0 Å². The van der Waals surface area contributed by atoms with E-state index in [-0.39, 0.29) is 0 Å². The Balaban J connectivity index is 2.17. The number of aromatic nitrogens is 2. The largest absolute Gasteiger partial charge is 0.326 e. The molecule has 0 aliphatic rings. The molecule has 0 aliphatic heterocycles. The zero-order valence-electron chi connectivity index (χ0n) is 9.15. The summed E-state index contributed by atoms with van der Waals surface area (Å²) in [7, 11) is 0. The van der Waals surface area contributed by atoms with Crippen LogP contribution in [0.5, 0.6) is 0 Å². The zero-order valence-corrected chi connectivity index (χ0v) is 10.7. The van der Waals surface area contributed by atoms with E-state index in [4.69, 9.17) is 5.73 Å². The third-order valence-electron chi connectivity index (χ3n) is 2.53.